The number of likely N-dealkylation sites (tertiary alicyclic amines) is 1. The van der Waals surface area contributed by atoms with E-state index in [0.29, 0.717) is 32.4 Å². The molecule has 3 heterocycles. The molecule has 0 spiro atoms. The average molecular weight is 398 g/mol. The van der Waals surface area contributed by atoms with Crippen molar-refractivity contribution in [2.75, 3.05) is 29.9 Å². The van der Waals surface area contributed by atoms with Crippen LogP contribution in [0.3, 0.4) is 0 Å². The summed E-state index contributed by atoms with van der Waals surface area (Å²) in [6.45, 7) is 1.96. The van der Waals surface area contributed by atoms with Crippen LogP contribution in [0, 0.1) is 5.92 Å². The third-order valence-electron chi connectivity index (χ3n) is 5.40. The van der Waals surface area contributed by atoms with E-state index >= 15 is 0 Å². The van der Waals surface area contributed by atoms with Gasteiger partial charge in [0.25, 0.3) is 5.91 Å². The van der Waals surface area contributed by atoms with Gasteiger partial charge in [0, 0.05) is 43.3 Å². The molecule has 2 saturated heterocycles. The van der Waals surface area contributed by atoms with Gasteiger partial charge in [-0.3, -0.25) is 14.4 Å². The number of hydrogen-bond donors (Lipinski definition) is 1. The maximum absolute atomic E-state index is 12.6. The molecule has 0 radical (unpaired) electrons. The Kier molecular flexibility index (Phi) is 5.43. The van der Waals surface area contributed by atoms with Gasteiger partial charge in [-0.05, 0) is 55.0 Å². The number of nitrogens with zero attached hydrogens (tertiary/aromatic N) is 2. The summed E-state index contributed by atoms with van der Waals surface area (Å²) in [6, 6.07) is 11.2. The molecule has 1 N–H and O–H groups in total. The van der Waals surface area contributed by atoms with E-state index in [1.165, 1.54) is 11.3 Å². The van der Waals surface area contributed by atoms with Crippen LogP contribution in [0.1, 0.15) is 35.4 Å². The largest absolute Gasteiger partial charge is 0.338 e. The zero-order chi connectivity index (χ0) is 19.5. The molecule has 0 aliphatic carbocycles. The van der Waals surface area contributed by atoms with E-state index in [2.05, 4.69) is 5.32 Å². The summed E-state index contributed by atoms with van der Waals surface area (Å²) in [6.07, 6.45) is 2.84. The van der Waals surface area contributed by atoms with E-state index in [1.54, 1.807) is 4.90 Å². The van der Waals surface area contributed by atoms with Crippen LogP contribution in [0.15, 0.2) is 41.8 Å². The lowest BCUT2D eigenvalue weighted by Crippen LogP contribution is -2.41. The van der Waals surface area contributed by atoms with E-state index < -0.39 is 0 Å². The standard InChI is InChI=1S/C21H23N3O3S/c25-19-4-1-11-24(19)17-7-5-16(6-8-17)22-20(26)15-9-12-23(13-10-15)21(27)18-3-2-14-28-18/h2-3,5-8,14-15H,1,4,9-13H2,(H,22,26). The summed E-state index contributed by atoms with van der Waals surface area (Å²) >= 11 is 1.45. The van der Waals surface area contributed by atoms with E-state index in [4.69, 9.17) is 0 Å². The van der Waals surface area contributed by atoms with Gasteiger partial charge in [-0.25, -0.2) is 0 Å². The van der Waals surface area contributed by atoms with Crippen LogP contribution in [0.25, 0.3) is 0 Å². The van der Waals surface area contributed by atoms with Crippen molar-refractivity contribution in [1.82, 2.24) is 4.90 Å². The number of hydrogen-bond acceptors (Lipinski definition) is 4. The highest BCUT2D eigenvalue weighted by molar-refractivity contribution is 7.12. The molecule has 28 heavy (non-hydrogen) atoms. The summed E-state index contributed by atoms with van der Waals surface area (Å²) < 4.78 is 0. The topological polar surface area (TPSA) is 69.7 Å². The molecule has 0 atom stereocenters. The number of carbonyl (C=O) groups is 3. The van der Waals surface area contributed by atoms with Crippen LogP contribution in [0.4, 0.5) is 11.4 Å². The molecule has 1 aromatic carbocycles. The summed E-state index contributed by atoms with van der Waals surface area (Å²) in [7, 11) is 0. The quantitative estimate of drug-likeness (QED) is 0.860. The van der Waals surface area contributed by atoms with E-state index in [-0.39, 0.29) is 23.6 Å². The van der Waals surface area contributed by atoms with Crippen molar-refractivity contribution in [1.29, 1.82) is 0 Å². The van der Waals surface area contributed by atoms with E-state index in [0.717, 1.165) is 29.2 Å². The Morgan fingerprint density at radius 2 is 1.79 bits per heavy atom. The highest BCUT2D eigenvalue weighted by Crippen LogP contribution is 2.25. The fourth-order valence-corrected chi connectivity index (χ4v) is 4.48. The Labute approximate surface area is 168 Å². The van der Waals surface area contributed by atoms with Gasteiger partial charge in [0.05, 0.1) is 4.88 Å². The number of piperidine rings is 1. The van der Waals surface area contributed by atoms with Gasteiger partial charge in [0.2, 0.25) is 11.8 Å². The van der Waals surface area contributed by atoms with Crippen molar-refractivity contribution < 1.29 is 14.4 Å². The van der Waals surface area contributed by atoms with Gasteiger partial charge in [0.15, 0.2) is 0 Å². The predicted octanol–water partition coefficient (Wildman–Crippen LogP) is 3.37. The molecule has 2 aliphatic rings. The predicted molar refractivity (Wildman–Crippen MR) is 110 cm³/mol. The Morgan fingerprint density at radius 3 is 2.39 bits per heavy atom. The maximum Gasteiger partial charge on any atom is 0.263 e. The molecule has 146 valence electrons. The van der Waals surface area contributed by atoms with Crippen LogP contribution in [0.5, 0.6) is 0 Å². The summed E-state index contributed by atoms with van der Waals surface area (Å²) in [5.74, 6) is 0.113. The summed E-state index contributed by atoms with van der Waals surface area (Å²) in [5.41, 5.74) is 1.61. The third kappa shape index (κ3) is 3.94. The zero-order valence-electron chi connectivity index (χ0n) is 15.6. The lowest BCUT2D eigenvalue weighted by Gasteiger charge is -2.31. The number of benzene rings is 1. The first-order valence-electron chi connectivity index (χ1n) is 9.66. The molecule has 0 saturated carbocycles. The smallest absolute Gasteiger partial charge is 0.263 e. The monoisotopic (exact) mass is 397 g/mol. The number of nitrogens with one attached hydrogen (secondary N) is 1. The molecule has 6 nitrogen and oxygen atoms in total. The van der Waals surface area contributed by atoms with Crippen LogP contribution in [-0.4, -0.2) is 42.3 Å². The molecule has 2 aliphatic heterocycles. The second-order valence-corrected chi connectivity index (χ2v) is 8.18. The fourth-order valence-electron chi connectivity index (χ4n) is 3.79. The van der Waals surface area contributed by atoms with Gasteiger partial charge in [-0.2, -0.15) is 0 Å². The molecule has 3 amide bonds. The number of rotatable bonds is 4. The normalized spacial score (nSPS) is 17.8. The Bertz CT molecular complexity index is 856. The Hall–Kier alpha value is -2.67. The minimum Gasteiger partial charge on any atom is -0.338 e. The van der Waals surface area contributed by atoms with Crippen LogP contribution in [0.2, 0.25) is 0 Å². The number of amides is 3. The molecule has 0 bridgehead atoms. The Morgan fingerprint density at radius 1 is 1.04 bits per heavy atom. The fraction of sp³-hybridized carbons (Fsp3) is 0.381. The third-order valence-corrected chi connectivity index (χ3v) is 6.26. The van der Waals surface area contributed by atoms with Gasteiger partial charge in [-0.15, -0.1) is 11.3 Å². The zero-order valence-corrected chi connectivity index (χ0v) is 16.4. The van der Waals surface area contributed by atoms with Gasteiger partial charge < -0.3 is 15.1 Å². The van der Waals surface area contributed by atoms with Crippen LogP contribution >= 0.6 is 11.3 Å². The first kappa shape index (κ1) is 18.7. The first-order valence-corrected chi connectivity index (χ1v) is 10.5. The van der Waals surface area contributed by atoms with Gasteiger partial charge in [0.1, 0.15) is 0 Å². The minimum absolute atomic E-state index is 0.00628. The van der Waals surface area contributed by atoms with Crippen molar-refractivity contribution in [3.63, 3.8) is 0 Å². The SMILES string of the molecule is O=C(Nc1ccc(N2CCCC2=O)cc1)C1CCN(C(=O)c2cccs2)CC1. The number of thiophene rings is 1. The molecular formula is C21H23N3O3S. The molecule has 4 rings (SSSR count). The van der Waals surface area contributed by atoms with E-state index in [9.17, 15) is 14.4 Å². The number of carbonyl (C=O) groups excluding carboxylic acids is 3. The minimum atomic E-state index is -0.0905. The van der Waals surface area contributed by atoms with Gasteiger partial charge in [-0.1, -0.05) is 6.07 Å². The van der Waals surface area contributed by atoms with Crippen molar-refractivity contribution >= 4 is 40.4 Å². The first-order chi connectivity index (χ1) is 13.6. The summed E-state index contributed by atoms with van der Waals surface area (Å²) in [5, 5.41) is 4.87. The Balaban J connectivity index is 1.30. The van der Waals surface area contributed by atoms with Crippen molar-refractivity contribution in [2.24, 2.45) is 5.92 Å². The lowest BCUT2D eigenvalue weighted by atomic mass is 9.95. The van der Waals surface area contributed by atoms with Crippen molar-refractivity contribution in [2.45, 2.75) is 25.7 Å². The highest BCUT2D eigenvalue weighted by atomic mass is 32.1. The molecule has 1 aromatic heterocycles. The van der Waals surface area contributed by atoms with Gasteiger partial charge >= 0.3 is 0 Å². The second-order valence-electron chi connectivity index (χ2n) is 7.23. The van der Waals surface area contributed by atoms with Crippen LogP contribution in [-0.2, 0) is 9.59 Å². The highest BCUT2D eigenvalue weighted by Gasteiger charge is 2.28. The molecule has 2 fully saturated rings. The molecule has 2 aromatic rings. The van der Waals surface area contributed by atoms with Crippen molar-refractivity contribution in [3.05, 3.63) is 46.7 Å². The molecule has 0 unspecified atom stereocenters. The molecule has 7 heteroatoms. The number of anilines is 2. The van der Waals surface area contributed by atoms with E-state index in [1.807, 2.05) is 46.7 Å². The van der Waals surface area contributed by atoms with Crippen LogP contribution < -0.4 is 10.2 Å². The second kappa shape index (κ2) is 8.14. The summed E-state index contributed by atoms with van der Waals surface area (Å²) in [4.78, 5) is 41.2. The maximum atomic E-state index is 12.6. The van der Waals surface area contributed by atoms with Crippen molar-refractivity contribution in [3.8, 4) is 0 Å². The average Bonchev–Trinajstić information content (AvgIpc) is 3.40. The molecular weight excluding hydrogens is 374 g/mol. The lowest BCUT2D eigenvalue weighted by molar-refractivity contribution is -0.121.